The molecular weight excluding hydrogens is 276 g/mol. The molecule has 2 amide bonds. The van der Waals surface area contributed by atoms with Gasteiger partial charge in [-0.2, -0.15) is 12.6 Å². The zero-order valence-corrected chi connectivity index (χ0v) is 11.0. The predicted octanol–water partition coefficient (Wildman–Crippen LogP) is -1.14. The molecule has 0 aliphatic rings. The SMILES string of the molecule is O=C(O)CCNC(=O)C(CS)NC(=O)CCC(=O)O. The lowest BCUT2D eigenvalue weighted by atomic mass is 10.2. The number of hydrogen-bond donors (Lipinski definition) is 5. The number of rotatable bonds is 9. The van der Waals surface area contributed by atoms with Crippen LogP contribution in [0.5, 0.6) is 0 Å². The molecule has 0 fully saturated rings. The van der Waals surface area contributed by atoms with Crippen molar-refractivity contribution in [2.45, 2.75) is 25.3 Å². The van der Waals surface area contributed by atoms with Crippen LogP contribution >= 0.6 is 12.6 Å². The molecule has 0 bridgehead atoms. The Morgan fingerprint density at radius 2 is 1.58 bits per heavy atom. The van der Waals surface area contributed by atoms with Gasteiger partial charge in [0.1, 0.15) is 6.04 Å². The van der Waals surface area contributed by atoms with Gasteiger partial charge in [0, 0.05) is 18.7 Å². The molecule has 9 heteroatoms. The number of aliphatic carboxylic acids is 2. The van der Waals surface area contributed by atoms with E-state index in [2.05, 4.69) is 23.3 Å². The van der Waals surface area contributed by atoms with Gasteiger partial charge < -0.3 is 20.8 Å². The molecule has 0 heterocycles. The molecule has 0 saturated carbocycles. The molecule has 1 unspecified atom stereocenters. The summed E-state index contributed by atoms with van der Waals surface area (Å²) in [4.78, 5) is 43.4. The molecule has 0 aromatic heterocycles. The molecule has 0 radical (unpaired) electrons. The van der Waals surface area contributed by atoms with E-state index < -0.39 is 29.8 Å². The summed E-state index contributed by atoms with van der Waals surface area (Å²) >= 11 is 3.89. The minimum Gasteiger partial charge on any atom is -0.481 e. The van der Waals surface area contributed by atoms with Gasteiger partial charge in [0.2, 0.25) is 11.8 Å². The third-order valence-electron chi connectivity index (χ3n) is 2.04. The van der Waals surface area contributed by atoms with Gasteiger partial charge in [-0.05, 0) is 0 Å². The van der Waals surface area contributed by atoms with Crippen LogP contribution in [0, 0.1) is 0 Å². The summed E-state index contributed by atoms with van der Waals surface area (Å²) in [5.74, 6) is -3.26. The Kier molecular flexibility index (Phi) is 8.34. The first kappa shape index (κ1) is 17.2. The molecule has 8 nitrogen and oxygen atoms in total. The minimum absolute atomic E-state index is 0.0255. The van der Waals surface area contributed by atoms with Crippen molar-refractivity contribution in [1.82, 2.24) is 10.6 Å². The number of carbonyl (C=O) groups excluding carboxylic acids is 2. The molecular formula is C10H16N2O6S. The normalized spacial score (nSPS) is 11.4. The smallest absolute Gasteiger partial charge is 0.305 e. The van der Waals surface area contributed by atoms with E-state index in [-0.39, 0.29) is 31.6 Å². The standard InChI is InChI=1S/C10H16N2O6S/c13-7(1-2-8(14)15)12-6(5-19)10(18)11-4-3-9(16)17/h6,19H,1-5H2,(H,11,18)(H,12,13)(H,14,15)(H,16,17). The molecule has 108 valence electrons. The van der Waals surface area contributed by atoms with Gasteiger partial charge >= 0.3 is 11.9 Å². The van der Waals surface area contributed by atoms with E-state index in [4.69, 9.17) is 10.2 Å². The van der Waals surface area contributed by atoms with Crippen molar-refractivity contribution in [3.8, 4) is 0 Å². The fourth-order valence-corrected chi connectivity index (χ4v) is 1.35. The molecule has 0 aliphatic heterocycles. The van der Waals surface area contributed by atoms with E-state index in [0.717, 1.165) is 0 Å². The zero-order valence-electron chi connectivity index (χ0n) is 10.1. The van der Waals surface area contributed by atoms with Crippen molar-refractivity contribution in [2.24, 2.45) is 0 Å². The maximum atomic E-state index is 11.5. The number of amides is 2. The predicted molar refractivity (Wildman–Crippen MR) is 67.9 cm³/mol. The van der Waals surface area contributed by atoms with E-state index in [1.165, 1.54) is 0 Å². The maximum absolute atomic E-state index is 11.5. The number of hydrogen-bond acceptors (Lipinski definition) is 5. The molecule has 0 saturated heterocycles. The third-order valence-corrected chi connectivity index (χ3v) is 2.40. The second-order valence-electron chi connectivity index (χ2n) is 3.63. The number of nitrogens with one attached hydrogen (secondary N) is 2. The first-order valence-electron chi connectivity index (χ1n) is 5.48. The van der Waals surface area contributed by atoms with Crippen LogP contribution in [0.1, 0.15) is 19.3 Å². The van der Waals surface area contributed by atoms with Crippen LogP contribution < -0.4 is 10.6 Å². The maximum Gasteiger partial charge on any atom is 0.305 e. The van der Waals surface area contributed by atoms with Gasteiger partial charge in [-0.15, -0.1) is 0 Å². The molecule has 0 aliphatic carbocycles. The lowest BCUT2D eigenvalue weighted by molar-refractivity contribution is -0.139. The summed E-state index contributed by atoms with van der Waals surface area (Å²) < 4.78 is 0. The largest absolute Gasteiger partial charge is 0.481 e. The highest BCUT2D eigenvalue weighted by Gasteiger charge is 2.19. The Balaban J connectivity index is 4.10. The number of carbonyl (C=O) groups is 4. The Morgan fingerprint density at radius 1 is 1.00 bits per heavy atom. The molecule has 4 N–H and O–H groups in total. The lowest BCUT2D eigenvalue weighted by Crippen LogP contribution is -2.48. The van der Waals surface area contributed by atoms with Crippen molar-refractivity contribution in [2.75, 3.05) is 12.3 Å². The van der Waals surface area contributed by atoms with Crippen LogP contribution in [0.25, 0.3) is 0 Å². The number of carboxylic acids is 2. The van der Waals surface area contributed by atoms with Crippen LogP contribution in [0.3, 0.4) is 0 Å². The van der Waals surface area contributed by atoms with Gasteiger partial charge in [0.15, 0.2) is 0 Å². The van der Waals surface area contributed by atoms with Crippen LogP contribution in [0.4, 0.5) is 0 Å². The van der Waals surface area contributed by atoms with Crippen molar-refractivity contribution in [3.05, 3.63) is 0 Å². The highest BCUT2D eigenvalue weighted by atomic mass is 32.1. The quantitative estimate of drug-likeness (QED) is 0.341. The van der Waals surface area contributed by atoms with Gasteiger partial charge in [-0.3, -0.25) is 19.2 Å². The molecule has 0 aromatic rings. The Morgan fingerprint density at radius 3 is 2.05 bits per heavy atom. The number of thiol groups is 1. The summed E-state index contributed by atoms with van der Waals surface area (Å²) in [6.07, 6.45) is -0.786. The topological polar surface area (TPSA) is 133 Å². The Hall–Kier alpha value is -1.77. The average Bonchev–Trinajstić information content (AvgIpc) is 2.32. The van der Waals surface area contributed by atoms with E-state index in [0.29, 0.717) is 0 Å². The second kappa shape index (κ2) is 9.20. The van der Waals surface area contributed by atoms with Crippen molar-refractivity contribution < 1.29 is 29.4 Å². The van der Waals surface area contributed by atoms with Crippen LogP contribution in [-0.4, -0.2) is 52.3 Å². The lowest BCUT2D eigenvalue weighted by Gasteiger charge is -2.15. The van der Waals surface area contributed by atoms with Gasteiger partial charge in [-0.1, -0.05) is 0 Å². The fraction of sp³-hybridized carbons (Fsp3) is 0.600. The summed E-state index contributed by atoms with van der Waals surface area (Å²) in [5, 5.41) is 21.5. The average molecular weight is 292 g/mol. The van der Waals surface area contributed by atoms with Crippen molar-refractivity contribution >= 4 is 36.4 Å². The Labute approximate surface area is 115 Å². The first-order chi connectivity index (χ1) is 8.86. The summed E-state index contributed by atoms with van der Waals surface area (Å²) in [6.45, 7) is -0.0521. The van der Waals surface area contributed by atoms with Crippen LogP contribution in [0.2, 0.25) is 0 Å². The second-order valence-corrected chi connectivity index (χ2v) is 4.00. The highest BCUT2D eigenvalue weighted by Crippen LogP contribution is 1.94. The molecule has 1 atom stereocenters. The Bertz CT molecular complexity index is 360. The summed E-state index contributed by atoms with van der Waals surface area (Å²) in [6, 6.07) is -0.918. The van der Waals surface area contributed by atoms with E-state index >= 15 is 0 Å². The fourth-order valence-electron chi connectivity index (χ4n) is 1.10. The van der Waals surface area contributed by atoms with E-state index in [1.807, 2.05) is 0 Å². The van der Waals surface area contributed by atoms with Gasteiger partial charge in [0.25, 0.3) is 0 Å². The third kappa shape index (κ3) is 8.89. The highest BCUT2D eigenvalue weighted by molar-refractivity contribution is 7.80. The molecule has 0 spiro atoms. The molecule has 19 heavy (non-hydrogen) atoms. The van der Waals surface area contributed by atoms with E-state index in [9.17, 15) is 19.2 Å². The summed E-state index contributed by atoms with van der Waals surface area (Å²) in [5.41, 5.74) is 0. The number of carboxylic acid groups (broad SMARTS) is 2. The van der Waals surface area contributed by atoms with Gasteiger partial charge in [0.05, 0.1) is 12.8 Å². The van der Waals surface area contributed by atoms with Crippen LogP contribution in [-0.2, 0) is 19.2 Å². The first-order valence-corrected chi connectivity index (χ1v) is 6.11. The zero-order chi connectivity index (χ0) is 14.8. The van der Waals surface area contributed by atoms with Crippen molar-refractivity contribution in [3.63, 3.8) is 0 Å². The summed E-state index contributed by atoms with van der Waals surface area (Å²) in [7, 11) is 0. The minimum atomic E-state index is -1.11. The van der Waals surface area contributed by atoms with Crippen molar-refractivity contribution in [1.29, 1.82) is 0 Å². The van der Waals surface area contributed by atoms with E-state index in [1.54, 1.807) is 0 Å². The van der Waals surface area contributed by atoms with Crippen LogP contribution in [0.15, 0.2) is 0 Å². The molecule has 0 aromatic carbocycles. The monoisotopic (exact) mass is 292 g/mol. The molecule has 0 rings (SSSR count). The van der Waals surface area contributed by atoms with Gasteiger partial charge in [-0.25, -0.2) is 0 Å².